The lowest BCUT2D eigenvalue weighted by Crippen LogP contribution is -2.17. The Bertz CT molecular complexity index is 346. The number of fused-ring (bicyclic) bond motifs is 1. The van der Waals surface area contributed by atoms with E-state index in [9.17, 15) is 0 Å². The molecule has 0 spiro atoms. The molecule has 2 heteroatoms. The van der Waals surface area contributed by atoms with Gasteiger partial charge in [0.05, 0.1) is 0 Å². The molecule has 0 aromatic heterocycles. The third-order valence-corrected chi connectivity index (χ3v) is 3.25. The number of hydrogen-bond acceptors (Lipinski definition) is 1. The van der Waals surface area contributed by atoms with E-state index in [0.29, 0.717) is 5.92 Å². The number of rotatable bonds is 2. The van der Waals surface area contributed by atoms with Crippen molar-refractivity contribution in [2.75, 3.05) is 11.9 Å². The Balaban J connectivity index is 2.28. The van der Waals surface area contributed by atoms with Crippen LogP contribution < -0.4 is 5.32 Å². The van der Waals surface area contributed by atoms with Gasteiger partial charge in [-0.05, 0) is 48.4 Å². The summed E-state index contributed by atoms with van der Waals surface area (Å²) in [6.07, 6.45) is 2.49. The molecule has 1 nitrogen and oxygen atoms in total. The first-order chi connectivity index (χ1) is 7.16. The van der Waals surface area contributed by atoms with Gasteiger partial charge in [0, 0.05) is 17.3 Å². The zero-order valence-electron chi connectivity index (χ0n) is 9.39. The van der Waals surface area contributed by atoms with Crippen LogP contribution >= 0.6 is 11.6 Å². The molecule has 82 valence electrons. The fourth-order valence-electron chi connectivity index (χ4n) is 2.38. The Morgan fingerprint density at radius 2 is 2.27 bits per heavy atom. The van der Waals surface area contributed by atoms with Crippen LogP contribution in [0.3, 0.4) is 0 Å². The van der Waals surface area contributed by atoms with Crippen LogP contribution in [0.1, 0.15) is 38.2 Å². The second-order valence-corrected chi connectivity index (χ2v) is 5.21. The van der Waals surface area contributed by atoms with Gasteiger partial charge in [0.2, 0.25) is 0 Å². The molecule has 1 aromatic carbocycles. The first kappa shape index (κ1) is 10.8. The van der Waals surface area contributed by atoms with E-state index in [1.54, 1.807) is 0 Å². The van der Waals surface area contributed by atoms with E-state index >= 15 is 0 Å². The summed E-state index contributed by atoms with van der Waals surface area (Å²) in [5, 5.41) is 4.29. The third-order valence-electron chi connectivity index (χ3n) is 3.02. The van der Waals surface area contributed by atoms with Gasteiger partial charge in [-0.25, -0.2) is 0 Å². The molecule has 1 N–H and O–H groups in total. The zero-order chi connectivity index (χ0) is 10.8. The van der Waals surface area contributed by atoms with Crippen LogP contribution in [-0.2, 0) is 0 Å². The molecular formula is C13H18ClN. The summed E-state index contributed by atoms with van der Waals surface area (Å²) in [5.74, 6) is 1.43. The lowest BCUT2D eigenvalue weighted by Gasteiger charge is -2.28. The highest BCUT2D eigenvalue weighted by atomic mass is 35.5. The van der Waals surface area contributed by atoms with Gasteiger partial charge in [-0.1, -0.05) is 25.4 Å². The molecular weight excluding hydrogens is 206 g/mol. The highest BCUT2D eigenvalue weighted by Gasteiger charge is 2.20. The quantitative estimate of drug-likeness (QED) is 0.789. The molecule has 1 heterocycles. The molecule has 2 rings (SSSR count). The van der Waals surface area contributed by atoms with Gasteiger partial charge < -0.3 is 5.32 Å². The molecule has 1 atom stereocenters. The molecule has 0 fully saturated rings. The van der Waals surface area contributed by atoms with E-state index in [-0.39, 0.29) is 0 Å². The monoisotopic (exact) mass is 223 g/mol. The van der Waals surface area contributed by atoms with Crippen molar-refractivity contribution in [3.63, 3.8) is 0 Å². The van der Waals surface area contributed by atoms with Crippen molar-refractivity contribution in [1.82, 2.24) is 0 Å². The Morgan fingerprint density at radius 1 is 1.47 bits per heavy atom. The van der Waals surface area contributed by atoms with Gasteiger partial charge in [-0.2, -0.15) is 0 Å². The van der Waals surface area contributed by atoms with Gasteiger partial charge in [0.1, 0.15) is 0 Å². The van der Waals surface area contributed by atoms with E-state index in [1.807, 2.05) is 6.07 Å². The van der Waals surface area contributed by atoms with E-state index in [4.69, 9.17) is 11.6 Å². The minimum absolute atomic E-state index is 0.681. The normalized spacial score (nSPS) is 19.9. The summed E-state index contributed by atoms with van der Waals surface area (Å²) in [7, 11) is 0. The van der Waals surface area contributed by atoms with E-state index in [0.717, 1.165) is 17.5 Å². The standard InChI is InChI=1S/C13H18ClN/c1-9(2)7-10-5-6-15-13-4-3-11(14)8-12(10)13/h3-4,8-10,15H,5-7H2,1-2H3. The maximum atomic E-state index is 6.05. The van der Waals surface area contributed by atoms with Crippen molar-refractivity contribution in [3.05, 3.63) is 28.8 Å². The van der Waals surface area contributed by atoms with Crippen LogP contribution in [0.2, 0.25) is 5.02 Å². The maximum absolute atomic E-state index is 6.05. The lowest BCUT2D eigenvalue weighted by atomic mass is 9.85. The highest BCUT2D eigenvalue weighted by Crippen LogP contribution is 2.37. The summed E-state index contributed by atoms with van der Waals surface area (Å²) in [6, 6.07) is 6.19. The Kier molecular flexibility index (Phi) is 3.20. The molecule has 0 aliphatic carbocycles. The van der Waals surface area contributed by atoms with Crippen LogP contribution in [0.5, 0.6) is 0 Å². The fourth-order valence-corrected chi connectivity index (χ4v) is 2.56. The molecule has 1 aromatic rings. The number of hydrogen-bond donors (Lipinski definition) is 1. The summed E-state index contributed by atoms with van der Waals surface area (Å²) in [6.45, 7) is 5.66. The largest absolute Gasteiger partial charge is 0.385 e. The van der Waals surface area contributed by atoms with Crippen molar-refractivity contribution in [2.24, 2.45) is 5.92 Å². The Labute approximate surface area is 96.8 Å². The van der Waals surface area contributed by atoms with Crippen LogP contribution in [0.4, 0.5) is 5.69 Å². The molecule has 0 saturated carbocycles. The predicted molar refractivity (Wildman–Crippen MR) is 66.8 cm³/mol. The van der Waals surface area contributed by atoms with Crippen molar-refractivity contribution in [1.29, 1.82) is 0 Å². The minimum atomic E-state index is 0.681. The molecule has 0 saturated heterocycles. The Morgan fingerprint density at radius 3 is 3.00 bits per heavy atom. The average molecular weight is 224 g/mol. The van der Waals surface area contributed by atoms with Gasteiger partial charge in [-0.15, -0.1) is 0 Å². The van der Waals surface area contributed by atoms with E-state index in [2.05, 4.69) is 31.3 Å². The maximum Gasteiger partial charge on any atom is 0.0410 e. The lowest BCUT2D eigenvalue weighted by molar-refractivity contribution is 0.477. The summed E-state index contributed by atoms with van der Waals surface area (Å²) in [5.41, 5.74) is 2.68. The zero-order valence-corrected chi connectivity index (χ0v) is 10.1. The molecule has 0 bridgehead atoms. The van der Waals surface area contributed by atoms with Gasteiger partial charge >= 0.3 is 0 Å². The van der Waals surface area contributed by atoms with Crippen molar-refractivity contribution >= 4 is 17.3 Å². The molecule has 0 radical (unpaired) electrons. The van der Waals surface area contributed by atoms with Crippen molar-refractivity contribution < 1.29 is 0 Å². The van der Waals surface area contributed by atoms with Crippen molar-refractivity contribution in [2.45, 2.75) is 32.6 Å². The van der Waals surface area contributed by atoms with E-state index < -0.39 is 0 Å². The summed E-state index contributed by atoms with van der Waals surface area (Å²) >= 11 is 6.05. The summed E-state index contributed by atoms with van der Waals surface area (Å²) in [4.78, 5) is 0. The molecule has 1 aliphatic heterocycles. The smallest absolute Gasteiger partial charge is 0.0410 e. The van der Waals surface area contributed by atoms with Crippen LogP contribution in [0, 0.1) is 5.92 Å². The van der Waals surface area contributed by atoms with E-state index in [1.165, 1.54) is 24.1 Å². The number of benzene rings is 1. The SMILES string of the molecule is CC(C)CC1CCNc2ccc(Cl)cc21. The number of halogens is 1. The minimum Gasteiger partial charge on any atom is -0.385 e. The summed E-state index contributed by atoms with van der Waals surface area (Å²) < 4.78 is 0. The second kappa shape index (κ2) is 4.44. The fraction of sp³-hybridized carbons (Fsp3) is 0.538. The predicted octanol–water partition coefficient (Wildman–Crippen LogP) is 4.29. The van der Waals surface area contributed by atoms with Gasteiger partial charge in [0.15, 0.2) is 0 Å². The first-order valence-electron chi connectivity index (χ1n) is 5.70. The van der Waals surface area contributed by atoms with Crippen LogP contribution in [-0.4, -0.2) is 6.54 Å². The Hall–Kier alpha value is -0.690. The molecule has 1 unspecified atom stereocenters. The first-order valence-corrected chi connectivity index (χ1v) is 6.08. The molecule has 15 heavy (non-hydrogen) atoms. The number of nitrogens with one attached hydrogen (secondary N) is 1. The molecule has 0 amide bonds. The average Bonchev–Trinajstić information content (AvgIpc) is 2.18. The van der Waals surface area contributed by atoms with Crippen LogP contribution in [0.25, 0.3) is 0 Å². The number of anilines is 1. The highest BCUT2D eigenvalue weighted by molar-refractivity contribution is 6.30. The second-order valence-electron chi connectivity index (χ2n) is 4.77. The van der Waals surface area contributed by atoms with Gasteiger partial charge in [0.25, 0.3) is 0 Å². The van der Waals surface area contributed by atoms with Gasteiger partial charge in [-0.3, -0.25) is 0 Å². The molecule has 1 aliphatic rings. The topological polar surface area (TPSA) is 12.0 Å². The van der Waals surface area contributed by atoms with Crippen molar-refractivity contribution in [3.8, 4) is 0 Å². The third kappa shape index (κ3) is 2.46. The van der Waals surface area contributed by atoms with Crippen LogP contribution in [0.15, 0.2) is 18.2 Å².